The van der Waals surface area contributed by atoms with E-state index in [2.05, 4.69) is 5.32 Å². The molecule has 8 heteroatoms. The van der Waals surface area contributed by atoms with Crippen molar-refractivity contribution in [2.45, 2.75) is 13.3 Å². The lowest BCUT2D eigenvalue weighted by Crippen LogP contribution is -2.54. The smallest absolute Gasteiger partial charge is 0.409 e. The largest absolute Gasteiger partial charge is 0.450 e. The van der Waals surface area contributed by atoms with E-state index in [0.29, 0.717) is 39.2 Å². The SMILES string of the molecule is CCOC(=O)N1CCN(C(=O)C(=O)NCCCO)CC1. The van der Waals surface area contributed by atoms with Gasteiger partial charge in [-0.05, 0) is 13.3 Å². The number of nitrogens with zero attached hydrogens (tertiary/aromatic N) is 2. The summed E-state index contributed by atoms with van der Waals surface area (Å²) in [7, 11) is 0. The lowest BCUT2D eigenvalue weighted by molar-refractivity contribution is -0.146. The van der Waals surface area contributed by atoms with E-state index >= 15 is 0 Å². The van der Waals surface area contributed by atoms with Crippen LogP contribution in [0.4, 0.5) is 4.79 Å². The van der Waals surface area contributed by atoms with Crippen LogP contribution in [-0.4, -0.2) is 78.8 Å². The molecule has 0 aromatic rings. The Balaban J connectivity index is 2.35. The number of carbonyl (C=O) groups is 3. The Kier molecular flexibility index (Phi) is 6.78. The molecule has 1 aliphatic rings. The molecule has 0 aromatic heterocycles. The van der Waals surface area contributed by atoms with Gasteiger partial charge in [-0.15, -0.1) is 0 Å². The molecular weight excluding hydrogens is 266 g/mol. The van der Waals surface area contributed by atoms with Crippen LogP contribution in [-0.2, 0) is 14.3 Å². The maximum atomic E-state index is 11.8. The summed E-state index contributed by atoms with van der Waals surface area (Å²) < 4.78 is 4.87. The average molecular weight is 287 g/mol. The highest BCUT2D eigenvalue weighted by atomic mass is 16.6. The quantitative estimate of drug-likeness (QED) is 0.499. The summed E-state index contributed by atoms with van der Waals surface area (Å²) in [4.78, 5) is 37.8. The van der Waals surface area contributed by atoms with Crippen LogP contribution in [0, 0.1) is 0 Å². The van der Waals surface area contributed by atoms with E-state index in [4.69, 9.17) is 9.84 Å². The Labute approximate surface area is 117 Å². The monoisotopic (exact) mass is 287 g/mol. The van der Waals surface area contributed by atoms with Crippen molar-refractivity contribution in [3.05, 3.63) is 0 Å². The van der Waals surface area contributed by atoms with Crippen molar-refractivity contribution < 1.29 is 24.2 Å². The zero-order chi connectivity index (χ0) is 15.0. The van der Waals surface area contributed by atoms with E-state index in [1.165, 1.54) is 9.80 Å². The third kappa shape index (κ3) is 4.69. The van der Waals surface area contributed by atoms with Crippen molar-refractivity contribution in [1.82, 2.24) is 15.1 Å². The summed E-state index contributed by atoms with van der Waals surface area (Å²) in [5, 5.41) is 11.0. The van der Waals surface area contributed by atoms with Crippen molar-refractivity contribution >= 4 is 17.9 Å². The molecule has 0 aliphatic carbocycles. The van der Waals surface area contributed by atoms with Gasteiger partial charge in [-0.2, -0.15) is 0 Å². The minimum atomic E-state index is -0.678. The van der Waals surface area contributed by atoms with Gasteiger partial charge in [-0.1, -0.05) is 0 Å². The van der Waals surface area contributed by atoms with Gasteiger partial charge in [0.25, 0.3) is 0 Å². The summed E-state index contributed by atoms with van der Waals surface area (Å²) in [6, 6.07) is 0. The molecule has 0 spiro atoms. The van der Waals surface area contributed by atoms with E-state index in [1.807, 2.05) is 0 Å². The zero-order valence-electron chi connectivity index (χ0n) is 11.6. The number of hydrogen-bond donors (Lipinski definition) is 2. The second-order valence-corrected chi connectivity index (χ2v) is 4.31. The Morgan fingerprint density at radius 3 is 2.30 bits per heavy atom. The zero-order valence-corrected chi connectivity index (χ0v) is 11.6. The van der Waals surface area contributed by atoms with E-state index in [-0.39, 0.29) is 13.2 Å². The summed E-state index contributed by atoms with van der Waals surface area (Å²) in [6.07, 6.45) is 0.0161. The highest BCUT2D eigenvalue weighted by Crippen LogP contribution is 2.04. The van der Waals surface area contributed by atoms with Crippen molar-refractivity contribution in [2.24, 2.45) is 0 Å². The lowest BCUT2D eigenvalue weighted by Gasteiger charge is -2.33. The fraction of sp³-hybridized carbons (Fsp3) is 0.750. The van der Waals surface area contributed by atoms with Crippen LogP contribution in [0.1, 0.15) is 13.3 Å². The Morgan fingerprint density at radius 2 is 1.75 bits per heavy atom. The van der Waals surface area contributed by atoms with Gasteiger partial charge in [0.15, 0.2) is 0 Å². The van der Waals surface area contributed by atoms with Gasteiger partial charge in [-0.3, -0.25) is 9.59 Å². The third-order valence-corrected chi connectivity index (χ3v) is 2.91. The third-order valence-electron chi connectivity index (χ3n) is 2.91. The molecule has 1 heterocycles. The number of amides is 3. The number of hydrogen-bond acceptors (Lipinski definition) is 5. The van der Waals surface area contributed by atoms with Crippen LogP contribution in [0.5, 0.6) is 0 Å². The maximum absolute atomic E-state index is 11.8. The number of aliphatic hydroxyl groups excluding tert-OH is 1. The van der Waals surface area contributed by atoms with Crippen molar-refractivity contribution in [2.75, 3.05) is 45.9 Å². The van der Waals surface area contributed by atoms with E-state index in [1.54, 1.807) is 6.92 Å². The van der Waals surface area contributed by atoms with Gasteiger partial charge in [-0.25, -0.2) is 4.79 Å². The fourth-order valence-electron chi connectivity index (χ4n) is 1.81. The van der Waals surface area contributed by atoms with E-state index in [9.17, 15) is 14.4 Å². The van der Waals surface area contributed by atoms with E-state index in [0.717, 1.165) is 0 Å². The number of ether oxygens (including phenoxy) is 1. The molecule has 0 unspecified atom stereocenters. The average Bonchev–Trinajstić information content (AvgIpc) is 2.47. The Bertz CT molecular complexity index is 353. The molecule has 1 fully saturated rings. The summed E-state index contributed by atoms with van der Waals surface area (Å²) in [5.41, 5.74) is 0. The standard InChI is InChI=1S/C12H21N3O5/c1-2-20-12(19)15-7-5-14(6-8-15)11(18)10(17)13-4-3-9-16/h16H,2-9H2,1H3,(H,13,17). The molecule has 1 aliphatic heterocycles. The number of nitrogens with one attached hydrogen (secondary N) is 1. The van der Waals surface area contributed by atoms with Gasteiger partial charge in [0.2, 0.25) is 0 Å². The predicted molar refractivity (Wildman–Crippen MR) is 69.9 cm³/mol. The molecule has 0 saturated carbocycles. The molecule has 20 heavy (non-hydrogen) atoms. The minimum Gasteiger partial charge on any atom is -0.450 e. The molecule has 3 amide bonds. The molecule has 2 N–H and O–H groups in total. The highest BCUT2D eigenvalue weighted by Gasteiger charge is 2.27. The van der Waals surface area contributed by atoms with Crippen LogP contribution in [0.3, 0.4) is 0 Å². The minimum absolute atomic E-state index is 0.0350. The molecule has 0 aromatic carbocycles. The first-order chi connectivity index (χ1) is 9.60. The van der Waals surface area contributed by atoms with Crippen LogP contribution in [0.2, 0.25) is 0 Å². The van der Waals surface area contributed by atoms with Gasteiger partial charge >= 0.3 is 17.9 Å². The summed E-state index contributed by atoms with van der Waals surface area (Å²) >= 11 is 0. The fourth-order valence-corrected chi connectivity index (χ4v) is 1.81. The van der Waals surface area contributed by atoms with Gasteiger partial charge in [0.05, 0.1) is 6.61 Å². The van der Waals surface area contributed by atoms with Crippen molar-refractivity contribution in [3.63, 3.8) is 0 Å². The number of carbonyl (C=O) groups excluding carboxylic acids is 3. The van der Waals surface area contributed by atoms with Gasteiger partial charge < -0.3 is 25.0 Å². The van der Waals surface area contributed by atoms with Crippen molar-refractivity contribution in [1.29, 1.82) is 0 Å². The topological polar surface area (TPSA) is 99.2 Å². The second kappa shape index (κ2) is 8.36. The van der Waals surface area contributed by atoms with E-state index < -0.39 is 17.9 Å². The molecule has 8 nitrogen and oxygen atoms in total. The first-order valence-corrected chi connectivity index (χ1v) is 6.69. The Morgan fingerprint density at radius 1 is 1.15 bits per heavy atom. The predicted octanol–water partition coefficient (Wildman–Crippen LogP) is -1.21. The molecule has 0 atom stereocenters. The van der Waals surface area contributed by atoms with Crippen LogP contribution >= 0.6 is 0 Å². The van der Waals surface area contributed by atoms with Gasteiger partial charge in [0.1, 0.15) is 0 Å². The lowest BCUT2D eigenvalue weighted by atomic mass is 10.3. The first-order valence-electron chi connectivity index (χ1n) is 6.69. The van der Waals surface area contributed by atoms with Crippen molar-refractivity contribution in [3.8, 4) is 0 Å². The van der Waals surface area contributed by atoms with Gasteiger partial charge in [0, 0.05) is 39.3 Å². The first kappa shape index (κ1) is 16.2. The number of piperazine rings is 1. The molecule has 1 rings (SSSR count). The summed E-state index contributed by atoms with van der Waals surface area (Å²) in [5.74, 6) is -1.28. The Hall–Kier alpha value is -1.83. The van der Waals surface area contributed by atoms with Crippen LogP contribution in [0.25, 0.3) is 0 Å². The number of aliphatic hydroxyl groups is 1. The molecule has 1 saturated heterocycles. The molecule has 114 valence electrons. The normalized spacial score (nSPS) is 14.9. The number of rotatable bonds is 4. The van der Waals surface area contributed by atoms with Crippen LogP contribution in [0.15, 0.2) is 0 Å². The molecule has 0 bridgehead atoms. The highest BCUT2D eigenvalue weighted by molar-refractivity contribution is 6.35. The maximum Gasteiger partial charge on any atom is 0.409 e. The summed E-state index contributed by atoms with van der Waals surface area (Å²) in [6.45, 7) is 3.61. The second-order valence-electron chi connectivity index (χ2n) is 4.31. The molecular formula is C12H21N3O5. The molecule has 0 radical (unpaired) electrons. The van der Waals surface area contributed by atoms with Crippen LogP contribution < -0.4 is 5.32 Å².